The monoisotopic (exact) mass is 377 g/mol. The number of hydrogen-bond donors (Lipinski definition) is 1. The molecule has 0 saturated carbocycles. The molecule has 1 amide bonds. The predicted octanol–water partition coefficient (Wildman–Crippen LogP) is 1.36. The Morgan fingerprint density at radius 2 is 2.12 bits per heavy atom. The smallest absolute Gasteiger partial charge is 0.421 e. The standard InChI is InChI=1S/C13H14F3N5O3S/c1-21-12(18-19-20-21)17-11(22)7-4-5-9(13(14,15)16)10(25(3)23)8(7)6-24-2/h4-5H,6H2,1-3H3,(H,17,18,20,22). The molecule has 1 aromatic carbocycles. The number of ether oxygens (including phenoxy) is 1. The van der Waals surface area contributed by atoms with Crippen LogP contribution in [-0.4, -0.2) is 44.0 Å². The Labute approximate surface area is 143 Å². The van der Waals surface area contributed by atoms with Gasteiger partial charge < -0.3 is 9.29 Å². The number of nitrogens with zero attached hydrogens (tertiary/aromatic N) is 4. The molecule has 1 aromatic heterocycles. The summed E-state index contributed by atoms with van der Waals surface area (Å²) in [5.74, 6) is -0.738. The highest BCUT2D eigenvalue weighted by Gasteiger charge is 2.39. The molecule has 0 radical (unpaired) electrons. The molecule has 0 aliphatic rings. The summed E-state index contributed by atoms with van der Waals surface area (Å²) in [4.78, 5) is 12.0. The second-order valence-corrected chi connectivity index (χ2v) is 6.25. The number of aryl methyl sites for hydroxylation is 1. The Morgan fingerprint density at radius 1 is 1.44 bits per heavy atom. The number of alkyl halides is 3. The van der Waals surface area contributed by atoms with E-state index in [2.05, 4.69) is 20.8 Å². The van der Waals surface area contributed by atoms with E-state index in [1.54, 1.807) is 0 Å². The molecule has 1 heterocycles. The third-order valence-corrected chi connectivity index (χ3v) is 4.27. The molecular weight excluding hydrogens is 363 g/mol. The number of nitrogens with one attached hydrogen (secondary N) is 1. The number of carbonyl (C=O) groups excluding carboxylic acids is 1. The summed E-state index contributed by atoms with van der Waals surface area (Å²) in [7, 11) is 2.74. The van der Waals surface area contributed by atoms with E-state index in [1.165, 1.54) is 18.8 Å². The zero-order valence-corrected chi connectivity index (χ0v) is 14.2. The maximum atomic E-state index is 13.2. The van der Waals surface area contributed by atoms with Crippen LogP contribution >= 0.6 is 0 Å². The average molecular weight is 377 g/mol. The van der Waals surface area contributed by atoms with Gasteiger partial charge in [-0.1, -0.05) is 5.10 Å². The van der Waals surface area contributed by atoms with E-state index in [9.17, 15) is 22.5 Å². The van der Waals surface area contributed by atoms with Gasteiger partial charge >= 0.3 is 6.18 Å². The van der Waals surface area contributed by atoms with Crippen molar-refractivity contribution in [1.82, 2.24) is 20.2 Å². The number of carbonyl (C=O) groups is 1. The Balaban J connectivity index is 2.56. The summed E-state index contributed by atoms with van der Waals surface area (Å²) in [6.07, 6.45) is -3.61. The van der Waals surface area contributed by atoms with E-state index < -0.39 is 33.7 Å². The number of rotatable bonds is 5. The quantitative estimate of drug-likeness (QED) is 0.789. The van der Waals surface area contributed by atoms with Crippen LogP contribution in [0.25, 0.3) is 0 Å². The first-order valence-electron chi connectivity index (χ1n) is 6.76. The van der Waals surface area contributed by atoms with Gasteiger partial charge in [-0.25, -0.2) is 4.68 Å². The van der Waals surface area contributed by atoms with Crippen LogP contribution in [0.4, 0.5) is 19.1 Å². The van der Waals surface area contributed by atoms with Crippen LogP contribution in [0, 0.1) is 0 Å². The lowest BCUT2D eigenvalue weighted by Gasteiger charge is -2.19. The van der Waals surface area contributed by atoms with Crippen molar-refractivity contribution in [3.05, 3.63) is 28.8 Å². The van der Waals surface area contributed by atoms with Crippen molar-refractivity contribution in [3.63, 3.8) is 0 Å². The summed E-state index contributed by atoms with van der Waals surface area (Å²) in [6, 6.07) is 1.73. The van der Waals surface area contributed by atoms with Gasteiger partial charge in [-0.2, -0.15) is 13.2 Å². The molecule has 8 nitrogen and oxygen atoms in total. The summed E-state index contributed by atoms with van der Waals surface area (Å²) in [5, 5.41) is 12.8. The van der Waals surface area contributed by atoms with Gasteiger partial charge in [-0.3, -0.25) is 10.1 Å². The molecule has 0 aliphatic carbocycles. The molecule has 2 aromatic rings. The molecule has 1 unspecified atom stereocenters. The number of hydrogen-bond acceptors (Lipinski definition) is 6. The lowest BCUT2D eigenvalue weighted by molar-refractivity contribution is -0.140. The molecule has 12 heteroatoms. The number of anilines is 1. The van der Waals surface area contributed by atoms with Crippen molar-refractivity contribution >= 4 is 23.0 Å². The Hall–Kier alpha value is -2.18. The lowest BCUT2D eigenvalue weighted by Crippen LogP contribution is -2.22. The number of benzene rings is 1. The van der Waals surface area contributed by atoms with Gasteiger partial charge in [0.2, 0.25) is 5.95 Å². The van der Waals surface area contributed by atoms with E-state index >= 15 is 0 Å². The van der Waals surface area contributed by atoms with Gasteiger partial charge in [0, 0.05) is 19.7 Å². The van der Waals surface area contributed by atoms with E-state index in [4.69, 9.17) is 4.74 Å². The van der Waals surface area contributed by atoms with Crippen LogP contribution in [0.2, 0.25) is 0 Å². The van der Waals surface area contributed by atoms with Gasteiger partial charge in [0.25, 0.3) is 5.91 Å². The van der Waals surface area contributed by atoms with Gasteiger partial charge in [-0.15, -0.1) is 0 Å². The van der Waals surface area contributed by atoms with Crippen molar-refractivity contribution in [3.8, 4) is 0 Å². The first kappa shape index (κ1) is 19.1. The van der Waals surface area contributed by atoms with Crippen molar-refractivity contribution in [1.29, 1.82) is 0 Å². The molecule has 25 heavy (non-hydrogen) atoms. The molecule has 0 bridgehead atoms. The number of methoxy groups -OCH3 is 1. The Kier molecular flexibility index (Phi) is 5.65. The van der Waals surface area contributed by atoms with E-state index in [0.717, 1.165) is 18.4 Å². The minimum absolute atomic E-state index is 0.00688. The van der Waals surface area contributed by atoms with Gasteiger partial charge in [-0.05, 0) is 33.7 Å². The highest BCUT2D eigenvalue weighted by molar-refractivity contribution is 7.90. The molecular formula is C13H14F3N5O3S. The molecule has 0 saturated heterocycles. The Bertz CT molecular complexity index is 779. The first-order valence-corrected chi connectivity index (χ1v) is 8.31. The van der Waals surface area contributed by atoms with Gasteiger partial charge in [0.05, 0.1) is 12.2 Å². The fourth-order valence-electron chi connectivity index (χ4n) is 2.18. The normalized spacial score (nSPS) is 12.9. The third kappa shape index (κ3) is 4.08. The number of amides is 1. The molecule has 1 N–H and O–H groups in total. The minimum atomic E-state index is -4.72. The van der Waals surface area contributed by atoms with Crippen LogP contribution in [0.5, 0.6) is 0 Å². The maximum Gasteiger partial charge on any atom is 0.421 e. The summed E-state index contributed by atoms with van der Waals surface area (Å²) in [5.41, 5.74) is -1.29. The number of aromatic nitrogens is 4. The zero-order valence-electron chi connectivity index (χ0n) is 13.4. The topological polar surface area (TPSA) is 105 Å². The van der Waals surface area contributed by atoms with Crippen molar-refractivity contribution in [2.24, 2.45) is 7.05 Å². The van der Waals surface area contributed by atoms with E-state index in [1.807, 2.05) is 0 Å². The molecule has 136 valence electrons. The number of tetrazole rings is 1. The second-order valence-electron chi connectivity index (χ2n) is 4.93. The summed E-state index contributed by atoms with van der Waals surface area (Å²) in [6.45, 7) is -0.321. The third-order valence-electron chi connectivity index (χ3n) is 3.23. The predicted molar refractivity (Wildman–Crippen MR) is 81.2 cm³/mol. The first-order chi connectivity index (χ1) is 11.7. The van der Waals surface area contributed by atoms with Gasteiger partial charge in [0.15, 0.2) is 4.90 Å². The maximum absolute atomic E-state index is 13.2. The van der Waals surface area contributed by atoms with Crippen LogP contribution in [-0.2, 0) is 35.7 Å². The number of halogens is 3. The van der Waals surface area contributed by atoms with Crippen LogP contribution in [0.3, 0.4) is 0 Å². The van der Waals surface area contributed by atoms with Crippen LogP contribution in [0.1, 0.15) is 21.5 Å². The fourth-order valence-corrected chi connectivity index (χ4v) is 3.19. The van der Waals surface area contributed by atoms with Crippen molar-refractivity contribution in [2.45, 2.75) is 17.7 Å². The van der Waals surface area contributed by atoms with Gasteiger partial charge in [0.1, 0.15) is 11.8 Å². The average Bonchev–Trinajstić information content (AvgIpc) is 2.91. The zero-order chi connectivity index (χ0) is 18.8. The molecule has 1 atom stereocenters. The van der Waals surface area contributed by atoms with Crippen molar-refractivity contribution < 1.29 is 27.3 Å². The largest absolute Gasteiger partial charge is 0.612 e. The molecule has 0 spiro atoms. The summed E-state index contributed by atoms with van der Waals surface area (Å²) < 4.78 is 57.7. The van der Waals surface area contributed by atoms with Crippen molar-refractivity contribution in [2.75, 3.05) is 18.7 Å². The molecule has 2 rings (SSSR count). The Morgan fingerprint density at radius 3 is 2.60 bits per heavy atom. The lowest BCUT2D eigenvalue weighted by atomic mass is 10.0. The SMILES string of the molecule is COCc1c(C(=O)Nc2nnnn2C)ccc(C(F)(F)F)c1[S+](C)[O-]. The molecule has 0 aliphatic heterocycles. The minimum Gasteiger partial charge on any atom is -0.612 e. The summed E-state index contributed by atoms with van der Waals surface area (Å²) >= 11 is -2.00. The fraction of sp³-hybridized carbons (Fsp3) is 0.385. The molecule has 0 fully saturated rings. The highest BCUT2D eigenvalue weighted by Crippen LogP contribution is 2.37. The second kappa shape index (κ2) is 7.37. The van der Waals surface area contributed by atoms with Crippen LogP contribution in [0.15, 0.2) is 17.0 Å². The van der Waals surface area contributed by atoms with E-state index in [0.29, 0.717) is 0 Å². The highest BCUT2D eigenvalue weighted by atomic mass is 32.2. The van der Waals surface area contributed by atoms with E-state index in [-0.39, 0.29) is 23.7 Å². The van der Waals surface area contributed by atoms with Crippen LogP contribution < -0.4 is 5.32 Å².